The summed E-state index contributed by atoms with van der Waals surface area (Å²) in [6.07, 6.45) is 10.1. The number of furan rings is 1. The van der Waals surface area contributed by atoms with Gasteiger partial charge < -0.3 is 9.73 Å². The van der Waals surface area contributed by atoms with Gasteiger partial charge in [0.2, 0.25) is 5.91 Å². The summed E-state index contributed by atoms with van der Waals surface area (Å²) in [5.41, 5.74) is -0.0522. The second-order valence-electron chi connectivity index (χ2n) is 9.62. The van der Waals surface area contributed by atoms with E-state index in [2.05, 4.69) is 16.3 Å². The molecule has 5 aliphatic rings. The van der Waals surface area contributed by atoms with Crippen LogP contribution in [-0.2, 0) is 4.79 Å². The van der Waals surface area contributed by atoms with E-state index >= 15 is 0 Å². The molecule has 1 aromatic rings. The Bertz CT molecular complexity index is 644. The number of hydrogen-bond donors (Lipinski definition) is 1. The Labute approximate surface area is 168 Å². The molecule has 1 amide bonds. The molecule has 0 aromatic carbocycles. The normalized spacial score (nSPS) is 35.8. The molecule has 5 heteroatoms. The lowest BCUT2D eigenvalue weighted by Gasteiger charge is -2.55. The van der Waals surface area contributed by atoms with E-state index in [0.717, 1.165) is 61.6 Å². The second-order valence-corrected chi connectivity index (χ2v) is 9.62. The minimum absolute atomic E-state index is 0. The van der Waals surface area contributed by atoms with E-state index in [1.165, 1.54) is 32.1 Å². The SMILES string of the molecule is Cc1ccc(C(CNC(=O)C23CC4CC(CC(C4)C2)C3)N2CCCC2)o1.Cl. The third-order valence-electron chi connectivity index (χ3n) is 7.65. The maximum Gasteiger partial charge on any atom is 0.226 e. The van der Waals surface area contributed by atoms with Crippen LogP contribution in [0.5, 0.6) is 0 Å². The van der Waals surface area contributed by atoms with Gasteiger partial charge in [-0.2, -0.15) is 0 Å². The maximum atomic E-state index is 13.3. The fraction of sp³-hybridized carbons (Fsp3) is 0.773. The van der Waals surface area contributed by atoms with Gasteiger partial charge in [0.25, 0.3) is 0 Å². The molecule has 1 unspecified atom stereocenters. The van der Waals surface area contributed by atoms with Crippen LogP contribution in [0.1, 0.15) is 68.9 Å². The van der Waals surface area contributed by atoms with Crippen molar-refractivity contribution < 1.29 is 9.21 Å². The van der Waals surface area contributed by atoms with Crippen molar-refractivity contribution in [3.8, 4) is 0 Å². The number of aryl methyl sites for hydroxylation is 1. The van der Waals surface area contributed by atoms with Gasteiger partial charge in [-0.15, -0.1) is 12.4 Å². The summed E-state index contributed by atoms with van der Waals surface area (Å²) in [5, 5.41) is 3.38. The Morgan fingerprint density at radius 2 is 1.74 bits per heavy atom. The standard InChI is InChI=1S/C22H32N2O2.ClH/c1-15-4-5-20(26-15)19(24-6-2-3-7-24)14-23-21(25)22-11-16-8-17(12-22)10-18(9-16)13-22;/h4-5,16-19H,2-3,6-14H2,1H3,(H,23,25);1H. The van der Waals surface area contributed by atoms with Gasteiger partial charge in [0, 0.05) is 12.0 Å². The molecule has 1 aromatic heterocycles. The van der Waals surface area contributed by atoms with Crippen LogP contribution in [0.2, 0.25) is 0 Å². The predicted octanol–water partition coefficient (Wildman–Crippen LogP) is 4.48. The lowest BCUT2D eigenvalue weighted by molar-refractivity contribution is -0.146. The topological polar surface area (TPSA) is 45.5 Å². The average molecular weight is 393 g/mol. The molecule has 2 heterocycles. The molecule has 1 atom stereocenters. The third kappa shape index (κ3) is 3.55. The third-order valence-corrected chi connectivity index (χ3v) is 7.65. The van der Waals surface area contributed by atoms with Gasteiger partial charge in [-0.3, -0.25) is 9.69 Å². The van der Waals surface area contributed by atoms with Crippen molar-refractivity contribution in [2.45, 2.75) is 64.3 Å². The molecule has 4 saturated carbocycles. The lowest BCUT2D eigenvalue weighted by Crippen LogP contribution is -2.54. The number of rotatable bonds is 5. The van der Waals surface area contributed by atoms with Crippen LogP contribution in [-0.4, -0.2) is 30.4 Å². The Morgan fingerprint density at radius 1 is 1.15 bits per heavy atom. The van der Waals surface area contributed by atoms with Gasteiger partial charge in [0.05, 0.1) is 6.04 Å². The number of carbonyl (C=O) groups excluding carboxylic acids is 1. The fourth-order valence-electron chi connectivity index (χ4n) is 6.86. The van der Waals surface area contributed by atoms with E-state index in [9.17, 15) is 4.79 Å². The van der Waals surface area contributed by atoms with Gasteiger partial charge in [-0.1, -0.05) is 0 Å². The van der Waals surface area contributed by atoms with Gasteiger partial charge in [-0.05, 0) is 101 Å². The number of nitrogens with zero attached hydrogens (tertiary/aromatic N) is 1. The summed E-state index contributed by atoms with van der Waals surface area (Å²) in [4.78, 5) is 15.8. The number of carbonyl (C=O) groups is 1. The average Bonchev–Trinajstić information content (AvgIpc) is 3.26. The number of hydrogen-bond acceptors (Lipinski definition) is 3. The molecule has 150 valence electrons. The summed E-state index contributed by atoms with van der Waals surface area (Å²) >= 11 is 0. The van der Waals surface area contributed by atoms with Crippen molar-refractivity contribution in [3.05, 3.63) is 23.7 Å². The van der Waals surface area contributed by atoms with Crippen molar-refractivity contribution in [1.82, 2.24) is 10.2 Å². The van der Waals surface area contributed by atoms with Crippen molar-refractivity contribution in [1.29, 1.82) is 0 Å². The van der Waals surface area contributed by atoms with Crippen LogP contribution >= 0.6 is 12.4 Å². The Morgan fingerprint density at radius 3 is 2.26 bits per heavy atom. The monoisotopic (exact) mass is 392 g/mol. The van der Waals surface area contributed by atoms with E-state index < -0.39 is 0 Å². The van der Waals surface area contributed by atoms with Crippen LogP contribution in [0, 0.1) is 30.1 Å². The molecule has 1 saturated heterocycles. The zero-order valence-corrected chi connectivity index (χ0v) is 17.2. The van der Waals surface area contributed by atoms with Gasteiger partial charge in [0.1, 0.15) is 11.5 Å². The fourth-order valence-corrected chi connectivity index (χ4v) is 6.86. The Balaban J connectivity index is 0.00000180. The molecule has 6 rings (SSSR count). The molecular weight excluding hydrogens is 360 g/mol. The summed E-state index contributed by atoms with van der Waals surface area (Å²) < 4.78 is 5.95. The smallest absolute Gasteiger partial charge is 0.226 e. The van der Waals surface area contributed by atoms with Gasteiger partial charge in [-0.25, -0.2) is 0 Å². The zero-order chi connectivity index (χ0) is 17.7. The van der Waals surface area contributed by atoms with Crippen molar-refractivity contribution in [2.24, 2.45) is 23.2 Å². The first-order chi connectivity index (χ1) is 12.6. The van der Waals surface area contributed by atoms with E-state index in [-0.39, 0.29) is 23.9 Å². The molecule has 1 N–H and O–H groups in total. The van der Waals surface area contributed by atoms with Crippen LogP contribution in [0.3, 0.4) is 0 Å². The minimum Gasteiger partial charge on any atom is -0.465 e. The van der Waals surface area contributed by atoms with Crippen molar-refractivity contribution in [3.63, 3.8) is 0 Å². The molecule has 4 nitrogen and oxygen atoms in total. The van der Waals surface area contributed by atoms with Crippen molar-refractivity contribution >= 4 is 18.3 Å². The highest BCUT2D eigenvalue weighted by molar-refractivity contribution is 5.85. The van der Waals surface area contributed by atoms with Crippen molar-refractivity contribution in [2.75, 3.05) is 19.6 Å². The largest absolute Gasteiger partial charge is 0.465 e. The van der Waals surface area contributed by atoms with Gasteiger partial charge >= 0.3 is 0 Å². The number of amides is 1. The first-order valence-corrected chi connectivity index (χ1v) is 10.7. The van der Waals surface area contributed by atoms with E-state index in [1.54, 1.807) is 0 Å². The minimum atomic E-state index is -0.0522. The highest BCUT2D eigenvalue weighted by Gasteiger charge is 2.54. The highest BCUT2D eigenvalue weighted by atomic mass is 35.5. The molecule has 1 aliphatic heterocycles. The van der Waals surface area contributed by atoms with E-state index in [4.69, 9.17) is 4.42 Å². The number of likely N-dealkylation sites (tertiary alicyclic amines) is 1. The second kappa shape index (κ2) is 7.44. The van der Waals surface area contributed by atoms with Crippen LogP contribution in [0.4, 0.5) is 0 Å². The lowest BCUT2D eigenvalue weighted by atomic mass is 9.49. The molecular formula is C22H33ClN2O2. The molecule has 5 fully saturated rings. The molecule has 4 bridgehead atoms. The van der Waals surface area contributed by atoms with Crippen LogP contribution < -0.4 is 5.32 Å². The Kier molecular flexibility index (Phi) is 5.32. The quantitative estimate of drug-likeness (QED) is 0.803. The summed E-state index contributed by atoms with van der Waals surface area (Å²) in [6, 6.07) is 4.32. The van der Waals surface area contributed by atoms with Gasteiger partial charge in [0.15, 0.2) is 0 Å². The summed E-state index contributed by atoms with van der Waals surface area (Å²) in [7, 11) is 0. The molecule has 0 radical (unpaired) electrons. The van der Waals surface area contributed by atoms with Crippen LogP contribution in [0.15, 0.2) is 16.5 Å². The predicted molar refractivity (Wildman–Crippen MR) is 108 cm³/mol. The van der Waals surface area contributed by atoms with E-state index in [0.29, 0.717) is 12.5 Å². The first-order valence-electron chi connectivity index (χ1n) is 10.7. The molecule has 0 spiro atoms. The highest BCUT2D eigenvalue weighted by Crippen LogP contribution is 2.60. The molecule has 27 heavy (non-hydrogen) atoms. The summed E-state index contributed by atoms with van der Waals surface area (Å²) in [6.45, 7) is 4.90. The zero-order valence-electron chi connectivity index (χ0n) is 16.4. The molecule has 4 aliphatic carbocycles. The summed E-state index contributed by atoms with van der Waals surface area (Å²) in [5.74, 6) is 4.74. The van der Waals surface area contributed by atoms with E-state index in [1.807, 2.05) is 13.0 Å². The number of halogens is 1. The Hall–Kier alpha value is -1.00. The number of nitrogens with one attached hydrogen (secondary N) is 1. The first kappa shape index (κ1) is 19.3. The maximum absolute atomic E-state index is 13.3. The van der Waals surface area contributed by atoms with Crippen LogP contribution in [0.25, 0.3) is 0 Å².